The number of thiazole rings is 1. The van der Waals surface area contributed by atoms with Crippen LogP contribution in [0.15, 0.2) is 5.38 Å². The fourth-order valence-corrected chi connectivity index (χ4v) is 3.70. The van der Waals surface area contributed by atoms with Gasteiger partial charge in [-0.1, -0.05) is 27.7 Å². The summed E-state index contributed by atoms with van der Waals surface area (Å²) >= 11 is 1.79. The number of nitrogens with one attached hydrogen (secondary N) is 1. The second-order valence-corrected chi connectivity index (χ2v) is 7.59. The molecule has 1 aliphatic heterocycles. The molecule has 0 bridgehead atoms. The molecule has 20 heavy (non-hydrogen) atoms. The van der Waals surface area contributed by atoms with Crippen molar-refractivity contribution in [2.24, 2.45) is 0 Å². The molecule has 2 rings (SSSR count). The summed E-state index contributed by atoms with van der Waals surface area (Å²) in [7, 11) is 0. The van der Waals surface area contributed by atoms with E-state index in [0.717, 1.165) is 19.6 Å². The van der Waals surface area contributed by atoms with Gasteiger partial charge >= 0.3 is 0 Å². The first-order valence-corrected chi connectivity index (χ1v) is 8.68. The minimum atomic E-state index is 0.143. The zero-order valence-electron chi connectivity index (χ0n) is 13.2. The van der Waals surface area contributed by atoms with Crippen LogP contribution < -0.4 is 5.32 Å². The lowest BCUT2D eigenvalue weighted by molar-refractivity contribution is -0.00710. The van der Waals surface area contributed by atoms with Crippen LogP contribution in [0.5, 0.6) is 0 Å². The van der Waals surface area contributed by atoms with Gasteiger partial charge in [0.15, 0.2) is 0 Å². The molecule has 2 heterocycles. The van der Waals surface area contributed by atoms with Gasteiger partial charge in [-0.05, 0) is 25.8 Å². The summed E-state index contributed by atoms with van der Waals surface area (Å²) in [5.74, 6) is 0. The van der Waals surface area contributed by atoms with E-state index in [1.807, 2.05) is 0 Å². The van der Waals surface area contributed by atoms with Gasteiger partial charge in [-0.3, -0.25) is 0 Å². The summed E-state index contributed by atoms with van der Waals surface area (Å²) in [5.41, 5.74) is 1.35. The van der Waals surface area contributed by atoms with Crippen LogP contribution in [0.2, 0.25) is 0 Å². The molecule has 1 N–H and O–H groups in total. The SMILES string of the molecule is CCNC(Cc1nc(C(C)(C)C)cs1)C1CCCCO1. The molecule has 4 heteroatoms. The first-order chi connectivity index (χ1) is 9.50. The largest absolute Gasteiger partial charge is 0.377 e. The fourth-order valence-electron chi connectivity index (χ4n) is 2.62. The molecule has 2 unspecified atom stereocenters. The second kappa shape index (κ2) is 7.01. The molecule has 2 atom stereocenters. The van der Waals surface area contributed by atoms with Crippen molar-refractivity contribution >= 4 is 11.3 Å². The number of rotatable bonds is 5. The highest BCUT2D eigenvalue weighted by atomic mass is 32.1. The Morgan fingerprint density at radius 2 is 2.25 bits per heavy atom. The van der Waals surface area contributed by atoms with E-state index in [-0.39, 0.29) is 5.41 Å². The number of nitrogens with zero attached hydrogens (tertiary/aromatic N) is 1. The third-order valence-corrected chi connectivity index (χ3v) is 4.72. The zero-order chi connectivity index (χ0) is 14.6. The Morgan fingerprint density at radius 1 is 1.45 bits per heavy atom. The van der Waals surface area contributed by atoms with E-state index < -0.39 is 0 Å². The molecule has 1 fully saturated rings. The summed E-state index contributed by atoms with van der Waals surface area (Å²) in [6.07, 6.45) is 5.01. The smallest absolute Gasteiger partial charge is 0.0945 e. The third kappa shape index (κ3) is 4.27. The maximum absolute atomic E-state index is 5.95. The first-order valence-electron chi connectivity index (χ1n) is 7.80. The van der Waals surface area contributed by atoms with Crippen LogP contribution in [0.3, 0.4) is 0 Å². The second-order valence-electron chi connectivity index (χ2n) is 6.65. The van der Waals surface area contributed by atoms with Crippen molar-refractivity contribution in [2.45, 2.75) is 70.9 Å². The summed E-state index contributed by atoms with van der Waals surface area (Å²) in [4.78, 5) is 4.82. The van der Waals surface area contributed by atoms with Crippen molar-refractivity contribution in [1.82, 2.24) is 10.3 Å². The summed E-state index contributed by atoms with van der Waals surface area (Å²) in [6.45, 7) is 10.7. The van der Waals surface area contributed by atoms with E-state index in [1.54, 1.807) is 11.3 Å². The van der Waals surface area contributed by atoms with Crippen molar-refractivity contribution in [3.8, 4) is 0 Å². The van der Waals surface area contributed by atoms with Crippen molar-refractivity contribution in [3.63, 3.8) is 0 Å². The van der Waals surface area contributed by atoms with Gasteiger partial charge in [0, 0.05) is 29.9 Å². The number of hydrogen-bond acceptors (Lipinski definition) is 4. The van der Waals surface area contributed by atoms with Crippen LogP contribution in [0.1, 0.15) is 57.7 Å². The molecular weight excluding hydrogens is 268 g/mol. The predicted octanol–water partition coefficient (Wildman–Crippen LogP) is 3.53. The molecule has 0 amide bonds. The molecular formula is C16H28N2OS. The maximum atomic E-state index is 5.95. The van der Waals surface area contributed by atoms with Crippen LogP contribution >= 0.6 is 11.3 Å². The molecule has 0 saturated carbocycles. The molecule has 114 valence electrons. The van der Waals surface area contributed by atoms with Gasteiger partial charge < -0.3 is 10.1 Å². The monoisotopic (exact) mass is 296 g/mol. The Balaban J connectivity index is 2.01. The topological polar surface area (TPSA) is 34.2 Å². The van der Waals surface area contributed by atoms with E-state index in [9.17, 15) is 0 Å². The zero-order valence-corrected chi connectivity index (χ0v) is 14.1. The standard InChI is InChI=1S/C16H28N2OS/c1-5-17-12(13-8-6-7-9-19-13)10-15-18-14(11-20-15)16(2,3)4/h11-13,17H,5-10H2,1-4H3. The lowest BCUT2D eigenvalue weighted by Crippen LogP contribution is -2.44. The number of ether oxygens (including phenoxy) is 1. The molecule has 1 aromatic heterocycles. The van der Waals surface area contributed by atoms with E-state index in [1.165, 1.54) is 30.0 Å². The minimum Gasteiger partial charge on any atom is -0.377 e. The van der Waals surface area contributed by atoms with Crippen LogP contribution in [0.4, 0.5) is 0 Å². The Kier molecular flexibility index (Phi) is 5.58. The number of likely N-dealkylation sites (N-methyl/N-ethyl adjacent to an activating group) is 1. The molecule has 1 saturated heterocycles. The highest BCUT2D eigenvalue weighted by Gasteiger charge is 2.26. The van der Waals surface area contributed by atoms with Crippen molar-refractivity contribution in [2.75, 3.05) is 13.2 Å². The lowest BCUT2D eigenvalue weighted by Gasteiger charge is -2.30. The average molecular weight is 296 g/mol. The number of hydrogen-bond donors (Lipinski definition) is 1. The van der Waals surface area contributed by atoms with Crippen molar-refractivity contribution in [3.05, 3.63) is 16.1 Å². The Morgan fingerprint density at radius 3 is 2.80 bits per heavy atom. The van der Waals surface area contributed by atoms with Crippen LogP contribution in [0.25, 0.3) is 0 Å². The summed E-state index contributed by atoms with van der Waals surface area (Å²) in [6, 6.07) is 0.402. The maximum Gasteiger partial charge on any atom is 0.0945 e. The van der Waals surface area contributed by atoms with Gasteiger partial charge in [0.25, 0.3) is 0 Å². The Bertz CT molecular complexity index is 405. The lowest BCUT2D eigenvalue weighted by atomic mass is 9.93. The third-order valence-electron chi connectivity index (χ3n) is 3.84. The molecule has 0 aromatic carbocycles. The van der Waals surface area contributed by atoms with E-state index in [4.69, 9.17) is 9.72 Å². The van der Waals surface area contributed by atoms with Gasteiger partial charge in [-0.2, -0.15) is 0 Å². The van der Waals surface area contributed by atoms with Gasteiger partial charge in [0.1, 0.15) is 0 Å². The quantitative estimate of drug-likeness (QED) is 0.902. The van der Waals surface area contributed by atoms with Gasteiger partial charge in [0.2, 0.25) is 0 Å². The molecule has 0 spiro atoms. The molecule has 1 aliphatic rings. The van der Waals surface area contributed by atoms with E-state index in [2.05, 4.69) is 38.4 Å². The molecule has 0 radical (unpaired) electrons. The Labute approximate surface area is 127 Å². The van der Waals surface area contributed by atoms with Gasteiger partial charge in [0.05, 0.1) is 16.8 Å². The van der Waals surface area contributed by atoms with Crippen LogP contribution in [-0.4, -0.2) is 30.3 Å². The molecule has 0 aliphatic carbocycles. The fraction of sp³-hybridized carbons (Fsp3) is 0.812. The highest BCUT2D eigenvalue weighted by molar-refractivity contribution is 7.09. The van der Waals surface area contributed by atoms with Crippen LogP contribution in [0, 0.1) is 0 Å². The normalized spacial score (nSPS) is 21.9. The molecule has 1 aromatic rings. The highest BCUT2D eigenvalue weighted by Crippen LogP contribution is 2.26. The predicted molar refractivity (Wildman–Crippen MR) is 85.6 cm³/mol. The number of aromatic nitrogens is 1. The van der Waals surface area contributed by atoms with Crippen molar-refractivity contribution < 1.29 is 4.74 Å². The minimum absolute atomic E-state index is 0.143. The molecule has 3 nitrogen and oxygen atoms in total. The van der Waals surface area contributed by atoms with E-state index in [0.29, 0.717) is 12.1 Å². The van der Waals surface area contributed by atoms with Gasteiger partial charge in [-0.25, -0.2) is 4.98 Å². The van der Waals surface area contributed by atoms with Gasteiger partial charge in [-0.15, -0.1) is 11.3 Å². The Hall–Kier alpha value is -0.450. The van der Waals surface area contributed by atoms with E-state index >= 15 is 0 Å². The average Bonchev–Trinajstić information content (AvgIpc) is 2.88. The van der Waals surface area contributed by atoms with Crippen molar-refractivity contribution in [1.29, 1.82) is 0 Å². The first kappa shape index (κ1) is 15.9. The van der Waals surface area contributed by atoms with Crippen LogP contribution in [-0.2, 0) is 16.6 Å². The summed E-state index contributed by atoms with van der Waals surface area (Å²) in [5, 5.41) is 7.03. The summed E-state index contributed by atoms with van der Waals surface area (Å²) < 4.78 is 5.95.